The molecule has 1 amide bonds. The van der Waals surface area contributed by atoms with E-state index < -0.39 is 0 Å². The predicted molar refractivity (Wildman–Crippen MR) is 51.3 cm³/mol. The second-order valence-electron chi connectivity index (χ2n) is 4.23. The standard InChI is InChI=1S/C10H18N2O/c13-10(9-3-4-9)12-5-1-2-8-6-11-7-8/h8-9,11H,1-7H2,(H,12,13). The van der Waals surface area contributed by atoms with Crippen LogP contribution in [-0.4, -0.2) is 25.5 Å². The highest BCUT2D eigenvalue weighted by Gasteiger charge is 2.29. The number of hydrogen-bond donors (Lipinski definition) is 2. The third kappa shape index (κ3) is 2.69. The van der Waals surface area contributed by atoms with Gasteiger partial charge in [0.15, 0.2) is 0 Å². The number of carbonyl (C=O) groups excluding carboxylic acids is 1. The molecule has 1 aliphatic carbocycles. The Bertz CT molecular complexity index is 185. The van der Waals surface area contributed by atoms with Gasteiger partial charge >= 0.3 is 0 Å². The van der Waals surface area contributed by atoms with Crippen molar-refractivity contribution in [3.05, 3.63) is 0 Å². The van der Waals surface area contributed by atoms with Gasteiger partial charge in [0, 0.05) is 12.5 Å². The Morgan fingerprint density at radius 3 is 2.69 bits per heavy atom. The third-order valence-corrected chi connectivity index (χ3v) is 2.90. The molecule has 0 radical (unpaired) electrons. The summed E-state index contributed by atoms with van der Waals surface area (Å²) in [5.74, 6) is 1.52. The topological polar surface area (TPSA) is 41.1 Å². The molecule has 0 bridgehead atoms. The molecule has 0 spiro atoms. The van der Waals surface area contributed by atoms with E-state index >= 15 is 0 Å². The molecule has 3 heteroatoms. The number of hydrogen-bond acceptors (Lipinski definition) is 2. The van der Waals surface area contributed by atoms with Crippen LogP contribution in [0.25, 0.3) is 0 Å². The molecule has 1 saturated carbocycles. The second kappa shape index (κ2) is 4.09. The molecular formula is C10H18N2O. The first kappa shape index (κ1) is 9.00. The Balaban J connectivity index is 1.45. The summed E-state index contributed by atoms with van der Waals surface area (Å²) >= 11 is 0. The first-order valence-electron chi connectivity index (χ1n) is 5.34. The molecule has 1 saturated heterocycles. The lowest BCUT2D eigenvalue weighted by Crippen LogP contribution is -2.42. The lowest BCUT2D eigenvalue weighted by Gasteiger charge is -2.26. The van der Waals surface area contributed by atoms with E-state index in [1.165, 1.54) is 19.5 Å². The van der Waals surface area contributed by atoms with Crippen LogP contribution in [0.3, 0.4) is 0 Å². The first-order chi connectivity index (χ1) is 6.36. The van der Waals surface area contributed by atoms with Crippen molar-refractivity contribution in [3.63, 3.8) is 0 Å². The molecule has 2 N–H and O–H groups in total. The van der Waals surface area contributed by atoms with Gasteiger partial charge in [-0.25, -0.2) is 0 Å². The molecule has 0 atom stereocenters. The maximum Gasteiger partial charge on any atom is 0.223 e. The highest BCUT2D eigenvalue weighted by atomic mass is 16.2. The van der Waals surface area contributed by atoms with E-state index in [0.29, 0.717) is 5.92 Å². The van der Waals surface area contributed by atoms with Gasteiger partial charge in [0.2, 0.25) is 5.91 Å². The summed E-state index contributed by atoms with van der Waals surface area (Å²) in [4.78, 5) is 11.2. The van der Waals surface area contributed by atoms with E-state index in [1.807, 2.05) is 0 Å². The van der Waals surface area contributed by atoms with Crippen LogP contribution in [-0.2, 0) is 4.79 Å². The van der Waals surface area contributed by atoms with Gasteiger partial charge < -0.3 is 10.6 Å². The van der Waals surface area contributed by atoms with E-state index in [-0.39, 0.29) is 5.91 Å². The van der Waals surface area contributed by atoms with E-state index in [2.05, 4.69) is 10.6 Å². The minimum atomic E-state index is 0.284. The minimum absolute atomic E-state index is 0.284. The number of nitrogens with one attached hydrogen (secondary N) is 2. The molecule has 3 nitrogen and oxygen atoms in total. The minimum Gasteiger partial charge on any atom is -0.356 e. The summed E-state index contributed by atoms with van der Waals surface area (Å²) in [5.41, 5.74) is 0. The van der Waals surface area contributed by atoms with Crippen LogP contribution in [0.4, 0.5) is 0 Å². The zero-order chi connectivity index (χ0) is 9.10. The van der Waals surface area contributed by atoms with Crippen molar-refractivity contribution in [2.75, 3.05) is 19.6 Å². The van der Waals surface area contributed by atoms with Crippen LogP contribution in [0.1, 0.15) is 25.7 Å². The van der Waals surface area contributed by atoms with Gasteiger partial charge in [-0.1, -0.05) is 0 Å². The molecular weight excluding hydrogens is 164 g/mol. The van der Waals surface area contributed by atoms with Crippen molar-refractivity contribution in [1.82, 2.24) is 10.6 Å². The average molecular weight is 182 g/mol. The Kier molecular flexibility index (Phi) is 2.83. The van der Waals surface area contributed by atoms with Crippen molar-refractivity contribution in [2.24, 2.45) is 11.8 Å². The summed E-state index contributed by atoms with van der Waals surface area (Å²) < 4.78 is 0. The highest BCUT2D eigenvalue weighted by molar-refractivity contribution is 5.80. The van der Waals surface area contributed by atoms with Crippen LogP contribution in [0.5, 0.6) is 0 Å². The van der Waals surface area contributed by atoms with E-state index in [4.69, 9.17) is 0 Å². The number of carbonyl (C=O) groups is 1. The van der Waals surface area contributed by atoms with Gasteiger partial charge in [-0.05, 0) is 44.7 Å². The summed E-state index contributed by atoms with van der Waals surface area (Å²) in [5, 5.41) is 6.24. The van der Waals surface area contributed by atoms with Crippen molar-refractivity contribution < 1.29 is 4.79 Å². The molecule has 2 rings (SSSR count). The van der Waals surface area contributed by atoms with Crippen molar-refractivity contribution in [1.29, 1.82) is 0 Å². The molecule has 0 aromatic heterocycles. The van der Waals surface area contributed by atoms with E-state index in [0.717, 1.165) is 31.7 Å². The maximum atomic E-state index is 11.2. The van der Waals surface area contributed by atoms with E-state index in [1.54, 1.807) is 0 Å². The molecule has 0 aromatic carbocycles. The quantitative estimate of drug-likeness (QED) is 0.608. The Morgan fingerprint density at radius 2 is 2.15 bits per heavy atom. The average Bonchev–Trinajstić information content (AvgIpc) is 2.82. The Labute approximate surface area is 79.3 Å². The van der Waals surface area contributed by atoms with Crippen LogP contribution in [0.2, 0.25) is 0 Å². The maximum absolute atomic E-state index is 11.2. The van der Waals surface area contributed by atoms with Gasteiger partial charge in [0.1, 0.15) is 0 Å². The van der Waals surface area contributed by atoms with Crippen molar-refractivity contribution in [2.45, 2.75) is 25.7 Å². The molecule has 1 heterocycles. The third-order valence-electron chi connectivity index (χ3n) is 2.90. The second-order valence-corrected chi connectivity index (χ2v) is 4.23. The fourth-order valence-corrected chi connectivity index (χ4v) is 1.64. The summed E-state index contributed by atoms with van der Waals surface area (Å²) in [6, 6.07) is 0. The summed E-state index contributed by atoms with van der Waals surface area (Å²) in [7, 11) is 0. The van der Waals surface area contributed by atoms with Gasteiger partial charge in [-0.3, -0.25) is 4.79 Å². The fraction of sp³-hybridized carbons (Fsp3) is 0.900. The van der Waals surface area contributed by atoms with Gasteiger partial charge in [0.25, 0.3) is 0 Å². The zero-order valence-corrected chi connectivity index (χ0v) is 8.01. The fourth-order valence-electron chi connectivity index (χ4n) is 1.64. The van der Waals surface area contributed by atoms with E-state index in [9.17, 15) is 4.79 Å². The van der Waals surface area contributed by atoms with Crippen molar-refractivity contribution in [3.8, 4) is 0 Å². The molecule has 0 unspecified atom stereocenters. The Morgan fingerprint density at radius 1 is 1.38 bits per heavy atom. The van der Waals surface area contributed by atoms with Gasteiger partial charge in [-0.2, -0.15) is 0 Å². The largest absolute Gasteiger partial charge is 0.356 e. The predicted octanol–water partition coefficient (Wildman–Crippen LogP) is 0.512. The normalized spacial score (nSPS) is 22.5. The Hall–Kier alpha value is -0.570. The molecule has 2 fully saturated rings. The van der Waals surface area contributed by atoms with Gasteiger partial charge in [-0.15, -0.1) is 0 Å². The van der Waals surface area contributed by atoms with Crippen LogP contribution >= 0.6 is 0 Å². The smallest absolute Gasteiger partial charge is 0.223 e. The summed E-state index contributed by atoms with van der Waals surface area (Å²) in [6.45, 7) is 3.24. The molecule has 0 aromatic rings. The zero-order valence-electron chi connectivity index (χ0n) is 8.01. The first-order valence-corrected chi connectivity index (χ1v) is 5.34. The lowest BCUT2D eigenvalue weighted by molar-refractivity contribution is -0.122. The lowest BCUT2D eigenvalue weighted by atomic mass is 9.97. The van der Waals surface area contributed by atoms with Crippen LogP contribution in [0.15, 0.2) is 0 Å². The summed E-state index contributed by atoms with van der Waals surface area (Å²) in [6.07, 6.45) is 4.62. The molecule has 74 valence electrons. The molecule has 13 heavy (non-hydrogen) atoms. The number of rotatable bonds is 5. The number of amides is 1. The van der Waals surface area contributed by atoms with Crippen molar-refractivity contribution >= 4 is 5.91 Å². The molecule has 1 aliphatic heterocycles. The van der Waals surface area contributed by atoms with Crippen LogP contribution in [0, 0.1) is 11.8 Å². The SMILES string of the molecule is O=C(NCCCC1CNC1)C1CC1. The van der Waals surface area contributed by atoms with Crippen LogP contribution < -0.4 is 10.6 Å². The molecule has 2 aliphatic rings. The van der Waals surface area contributed by atoms with Gasteiger partial charge in [0.05, 0.1) is 0 Å². The highest BCUT2D eigenvalue weighted by Crippen LogP contribution is 2.28. The monoisotopic (exact) mass is 182 g/mol.